The third-order valence-corrected chi connectivity index (χ3v) is 5.79. The molecule has 0 saturated carbocycles. The summed E-state index contributed by atoms with van der Waals surface area (Å²) < 4.78 is 27.3. The van der Waals surface area contributed by atoms with Crippen LogP contribution in [0.15, 0.2) is 53.8 Å². The van der Waals surface area contributed by atoms with Crippen molar-refractivity contribution in [2.45, 2.75) is 24.3 Å². The number of nitrogens with zero attached hydrogens (tertiary/aromatic N) is 3. The van der Waals surface area contributed by atoms with E-state index in [9.17, 15) is 8.42 Å². The Balaban J connectivity index is 2.00. The summed E-state index contributed by atoms with van der Waals surface area (Å²) in [4.78, 5) is 11.6. The number of imidazole rings is 1. The van der Waals surface area contributed by atoms with Gasteiger partial charge in [-0.15, -0.1) is 0 Å². The average Bonchev–Trinajstić information content (AvgIpc) is 3.04. The number of aromatic amines is 1. The van der Waals surface area contributed by atoms with E-state index in [4.69, 9.17) is 0 Å². The minimum absolute atomic E-state index is 0.242. The van der Waals surface area contributed by atoms with Crippen molar-refractivity contribution in [3.05, 3.63) is 54.6 Å². The van der Waals surface area contributed by atoms with Gasteiger partial charge < -0.3 is 4.98 Å². The maximum atomic E-state index is 12.9. The Labute approximate surface area is 135 Å². The lowest BCUT2D eigenvalue weighted by atomic mass is 10.1. The van der Waals surface area contributed by atoms with Crippen LogP contribution in [0.3, 0.4) is 0 Å². The van der Waals surface area contributed by atoms with Crippen LogP contribution in [0.25, 0.3) is 11.0 Å². The second-order valence-corrected chi connectivity index (χ2v) is 7.28. The Hall–Kier alpha value is -2.25. The van der Waals surface area contributed by atoms with Gasteiger partial charge in [-0.1, -0.05) is 13.0 Å². The highest BCUT2D eigenvalue weighted by Gasteiger charge is 2.29. The molecule has 1 aromatic carbocycles. The van der Waals surface area contributed by atoms with Gasteiger partial charge in [0, 0.05) is 13.2 Å². The van der Waals surface area contributed by atoms with E-state index < -0.39 is 10.0 Å². The average molecular weight is 330 g/mol. The first-order valence-corrected chi connectivity index (χ1v) is 8.80. The van der Waals surface area contributed by atoms with E-state index in [-0.39, 0.29) is 10.9 Å². The molecule has 0 fully saturated rings. The van der Waals surface area contributed by atoms with Crippen LogP contribution in [0.2, 0.25) is 0 Å². The fourth-order valence-corrected chi connectivity index (χ4v) is 4.07. The molecular formula is C16H18N4O2S. The molecule has 2 aromatic heterocycles. The van der Waals surface area contributed by atoms with Crippen molar-refractivity contribution in [2.24, 2.45) is 0 Å². The van der Waals surface area contributed by atoms with Crippen LogP contribution < -0.4 is 0 Å². The van der Waals surface area contributed by atoms with Gasteiger partial charge in [-0.2, -0.15) is 4.31 Å². The summed E-state index contributed by atoms with van der Waals surface area (Å²) in [6, 6.07) is 10.1. The van der Waals surface area contributed by atoms with Crippen molar-refractivity contribution in [1.29, 1.82) is 0 Å². The molecule has 0 aliphatic rings. The highest BCUT2D eigenvalue weighted by molar-refractivity contribution is 7.89. The first kappa shape index (κ1) is 15.6. The molecule has 1 unspecified atom stereocenters. The third-order valence-electron chi connectivity index (χ3n) is 3.92. The fraction of sp³-hybridized carbons (Fsp3) is 0.250. The lowest BCUT2D eigenvalue weighted by molar-refractivity contribution is 0.360. The normalized spacial score (nSPS) is 13.5. The molecule has 0 aliphatic carbocycles. The van der Waals surface area contributed by atoms with Gasteiger partial charge >= 0.3 is 0 Å². The van der Waals surface area contributed by atoms with E-state index in [1.54, 1.807) is 37.8 Å². The van der Waals surface area contributed by atoms with Crippen LogP contribution in [0.1, 0.15) is 25.1 Å². The molecule has 3 aromatic rings. The Morgan fingerprint density at radius 3 is 2.74 bits per heavy atom. The van der Waals surface area contributed by atoms with Gasteiger partial charge in [0.15, 0.2) is 0 Å². The molecule has 6 nitrogen and oxygen atoms in total. The van der Waals surface area contributed by atoms with Crippen LogP contribution in [0.5, 0.6) is 0 Å². The number of H-pyrrole nitrogens is 1. The SMILES string of the molecule is CCC(c1ccccn1)N(C)S(=O)(=O)c1ccc2nc[nH]c2c1. The molecule has 0 spiro atoms. The smallest absolute Gasteiger partial charge is 0.243 e. The zero-order chi connectivity index (χ0) is 16.4. The summed E-state index contributed by atoms with van der Waals surface area (Å²) in [6.07, 6.45) is 3.86. The number of sulfonamides is 1. The molecule has 2 heterocycles. The molecule has 1 atom stereocenters. The maximum Gasteiger partial charge on any atom is 0.243 e. The van der Waals surface area contributed by atoms with E-state index >= 15 is 0 Å². The van der Waals surface area contributed by atoms with Crippen molar-refractivity contribution >= 4 is 21.1 Å². The number of pyridine rings is 1. The largest absolute Gasteiger partial charge is 0.345 e. The highest BCUT2D eigenvalue weighted by Crippen LogP contribution is 2.28. The summed E-state index contributed by atoms with van der Waals surface area (Å²) in [5, 5.41) is 0. The Kier molecular flexibility index (Phi) is 4.14. The van der Waals surface area contributed by atoms with Gasteiger partial charge in [0.2, 0.25) is 10.0 Å². The molecule has 0 radical (unpaired) electrons. The molecule has 3 rings (SSSR count). The molecule has 7 heteroatoms. The van der Waals surface area contributed by atoms with Gasteiger partial charge in [0.25, 0.3) is 0 Å². The summed E-state index contributed by atoms with van der Waals surface area (Å²) in [6.45, 7) is 1.95. The van der Waals surface area contributed by atoms with E-state index in [0.717, 1.165) is 11.2 Å². The number of nitrogens with one attached hydrogen (secondary N) is 1. The van der Waals surface area contributed by atoms with Crippen molar-refractivity contribution in [2.75, 3.05) is 7.05 Å². The minimum atomic E-state index is -3.62. The number of aromatic nitrogens is 3. The number of fused-ring (bicyclic) bond motifs is 1. The molecular weight excluding hydrogens is 312 g/mol. The van der Waals surface area contributed by atoms with Gasteiger partial charge in [-0.05, 0) is 36.8 Å². The maximum absolute atomic E-state index is 12.9. The van der Waals surface area contributed by atoms with Gasteiger partial charge in [0.1, 0.15) is 0 Å². The second kappa shape index (κ2) is 6.10. The highest BCUT2D eigenvalue weighted by atomic mass is 32.2. The van der Waals surface area contributed by atoms with Crippen LogP contribution in [0, 0.1) is 0 Å². The van der Waals surface area contributed by atoms with Crippen molar-refractivity contribution in [3.8, 4) is 0 Å². The number of benzene rings is 1. The summed E-state index contributed by atoms with van der Waals surface area (Å²) in [5.74, 6) is 0. The standard InChI is InChI=1S/C16H18N4O2S/c1-3-16(14-6-4-5-9-17-14)20(2)23(21,22)12-7-8-13-15(10-12)19-11-18-13/h4-11,16H,3H2,1-2H3,(H,18,19). The predicted molar refractivity (Wildman–Crippen MR) is 88.3 cm³/mol. The molecule has 120 valence electrons. The lowest BCUT2D eigenvalue weighted by Gasteiger charge is -2.26. The fourth-order valence-electron chi connectivity index (χ4n) is 2.63. The van der Waals surface area contributed by atoms with Gasteiger partial charge in [0.05, 0.1) is 34.0 Å². The van der Waals surface area contributed by atoms with Crippen molar-refractivity contribution < 1.29 is 8.42 Å². The zero-order valence-corrected chi connectivity index (χ0v) is 13.8. The zero-order valence-electron chi connectivity index (χ0n) is 13.0. The van der Waals surface area contributed by atoms with Crippen molar-refractivity contribution in [3.63, 3.8) is 0 Å². The first-order valence-electron chi connectivity index (χ1n) is 7.36. The predicted octanol–water partition coefficient (Wildman–Crippen LogP) is 2.73. The van der Waals surface area contributed by atoms with Crippen LogP contribution in [0.4, 0.5) is 0 Å². The first-order chi connectivity index (χ1) is 11.0. The third kappa shape index (κ3) is 2.85. The Bertz CT molecular complexity index is 906. The van der Waals surface area contributed by atoms with Crippen LogP contribution in [-0.4, -0.2) is 34.7 Å². The number of hydrogen-bond acceptors (Lipinski definition) is 4. The Morgan fingerprint density at radius 2 is 2.04 bits per heavy atom. The lowest BCUT2D eigenvalue weighted by Crippen LogP contribution is -2.31. The van der Waals surface area contributed by atoms with Crippen LogP contribution in [-0.2, 0) is 10.0 Å². The topological polar surface area (TPSA) is 79.0 Å². The number of hydrogen-bond donors (Lipinski definition) is 1. The molecule has 23 heavy (non-hydrogen) atoms. The van der Waals surface area contributed by atoms with E-state index in [1.807, 2.05) is 25.1 Å². The summed E-state index contributed by atoms with van der Waals surface area (Å²) in [7, 11) is -2.03. The van der Waals surface area contributed by atoms with Crippen LogP contribution >= 0.6 is 0 Å². The van der Waals surface area contributed by atoms with E-state index in [0.29, 0.717) is 11.9 Å². The Morgan fingerprint density at radius 1 is 1.22 bits per heavy atom. The molecule has 1 N–H and O–H groups in total. The molecule has 0 aliphatic heterocycles. The van der Waals surface area contributed by atoms with Crippen molar-refractivity contribution in [1.82, 2.24) is 19.3 Å². The van der Waals surface area contributed by atoms with E-state index in [2.05, 4.69) is 15.0 Å². The second-order valence-electron chi connectivity index (χ2n) is 5.28. The van der Waals surface area contributed by atoms with E-state index in [1.165, 1.54) is 4.31 Å². The monoisotopic (exact) mass is 330 g/mol. The quantitative estimate of drug-likeness (QED) is 0.780. The minimum Gasteiger partial charge on any atom is -0.345 e. The summed E-state index contributed by atoms with van der Waals surface area (Å²) in [5.41, 5.74) is 2.18. The molecule has 0 saturated heterocycles. The molecule has 0 amide bonds. The summed E-state index contributed by atoms with van der Waals surface area (Å²) >= 11 is 0. The molecule has 0 bridgehead atoms. The van der Waals surface area contributed by atoms with Gasteiger partial charge in [-0.3, -0.25) is 4.98 Å². The van der Waals surface area contributed by atoms with Gasteiger partial charge in [-0.25, -0.2) is 13.4 Å². The number of rotatable bonds is 5.